The van der Waals surface area contributed by atoms with Crippen LogP contribution in [0.1, 0.15) is 189 Å². The molecule has 0 aliphatic carbocycles. The van der Waals surface area contributed by atoms with Crippen molar-refractivity contribution in [2.75, 3.05) is 0 Å². The van der Waals surface area contributed by atoms with Crippen LogP contribution in [0.15, 0.2) is 0 Å². The van der Waals surface area contributed by atoms with Gasteiger partial charge in [-0.3, -0.25) is 9.59 Å². The van der Waals surface area contributed by atoms with Crippen molar-refractivity contribution in [1.29, 1.82) is 0 Å². The molecule has 0 aliphatic heterocycles. The summed E-state index contributed by atoms with van der Waals surface area (Å²) in [5.74, 6) is 0.735. The molecule has 4 heteroatoms. The first-order valence-electron chi connectivity index (χ1n) is 17.5. The van der Waals surface area contributed by atoms with Crippen LogP contribution in [0, 0.1) is 29.1 Å². The molecule has 0 bridgehead atoms. The van der Waals surface area contributed by atoms with Crippen LogP contribution in [0.3, 0.4) is 0 Å². The summed E-state index contributed by atoms with van der Waals surface area (Å²) in [7, 11) is 0. The highest BCUT2D eigenvalue weighted by atomic mass is 16.4. The predicted molar refractivity (Wildman–Crippen MR) is 172 cm³/mol. The number of rotatable bonds is 29. The molecule has 0 rings (SSSR count). The highest BCUT2D eigenvalue weighted by molar-refractivity contribution is 5.75. The fourth-order valence-electron chi connectivity index (χ4n) is 6.44. The molecule has 0 heterocycles. The second-order valence-electron chi connectivity index (χ2n) is 14.2. The van der Waals surface area contributed by atoms with Crippen LogP contribution in [0.4, 0.5) is 0 Å². The Bertz CT molecular complexity index is 588. The van der Waals surface area contributed by atoms with E-state index in [2.05, 4.69) is 41.5 Å². The number of unbranched alkanes of at least 4 members (excludes halogenated alkanes) is 12. The van der Waals surface area contributed by atoms with Crippen molar-refractivity contribution in [2.45, 2.75) is 189 Å². The van der Waals surface area contributed by atoms with Crippen LogP contribution in [-0.4, -0.2) is 22.2 Å². The van der Waals surface area contributed by atoms with Gasteiger partial charge >= 0.3 is 11.9 Å². The van der Waals surface area contributed by atoms with E-state index >= 15 is 0 Å². The molecule has 0 spiro atoms. The smallest absolute Gasteiger partial charge is 0.309 e. The van der Waals surface area contributed by atoms with Gasteiger partial charge in [-0.15, -0.1) is 0 Å². The van der Waals surface area contributed by atoms with Gasteiger partial charge in [0, 0.05) is 6.42 Å². The first-order valence-corrected chi connectivity index (χ1v) is 17.5. The lowest BCUT2D eigenvalue weighted by molar-refractivity contribution is -0.156. The molecule has 4 nitrogen and oxygen atoms in total. The number of hydrogen-bond donors (Lipinski definition) is 2. The van der Waals surface area contributed by atoms with Gasteiger partial charge in [-0.1, -0.05) is 157 Å². The van der Waals surface area contributed by atoms with Crippen molar-refractivity contribution in [1.82, 2.24) is 0 Å². The molecule has 0 aliphatic rings. The van der Waals surface area contributed by atoms with Gasteiger partial charge in [0.05, 0.1) is 5.41 Å². The molecular weight excluding hydrogens is 496 g/mol. The molecule has 1 atom stereocenters. The Kier molecular flexibility index (Phi) is 23.9. The zero-order chi connectivity index (χ0) is 30.2. The normalized spacial score (nSPS) is 13.0. The van der Waals surface area contributed by atoms with E-state index in [-0.39, 0.29) is 12.3 Å². The van der Waals surface area contributed by atoms with Crippen molar-refractivity contribution in [2.24, 2.45) is 29.1 Å². The number of carboxylic acid groups (broad SMARTS) is 2. The third-order valence-electron chi connectivity index (χ3n) is 9.06. The summed E-state index contributed by atoms with van der Waals surface area (Å²) in [5, 5.41) is 20.2. The van der Waals surface area contributed by atoms with Gasteiger partial charge in [-0.05, 0) is 49.4 Å². The quantitative estimate of drug-likeness (QED) is 0.0883. The van der Waals surface area contributed by atoms with Gasteiger partial charge in [0.25, 0.3) is 0 Å². The lowest BCUT2D eigenvalue weighted by Gasteiger charge is -2.38. The molecular formula is C36H70O4. The Morgan fingerprint density at radius 1 is 0.475 bits per heavy atom. The molecule has 0 saturated heterocycles. The van der Waals surface area contributed by atoms with E-state index in [4.69, 9.17) is 0 Å². The van der Waals surface area contributed by atoms with E-state index in [1.807, 2.05) is 0 Å². The monoisotopic (exact) mass is 567 g/mol. The van der Waals surface area contributed by atoms with Crippen LogP contribution >= 0.6 is 0 Å². The summed E-state index contributed by atoms with van der Waals surface area (Å²) in [6.45, 7) is 13.6. The van der Waals surface area contributed by atoms with Crippen molar-refractivity contribution >= 4 is 11.9 Å². The van der Waals surface area contributed by atoms with Crippen molar-refractivity contribution < 1.29 is 19.8 Å². The maximum absolute atomic E-state index is 13.1. The minimum atomic E-state index is -0.798. The zero-order valence-electron chi connectivity index (χ0n) is 27.8. The molecule has 0 aromatic rings. The van der Waals surface area contributed by atoms with Gasteiger partial charge in [0.1, 0.15) is 0 Å². The van der Waals surface area contributed by atoms with Crippen LogP contribution in [0.5, 0.6) is 0 Å². The molecule has 40 heavy (non-hydrogen) atoms. The van der Waals surface area contributed by atoms with Gasteiger partial charge in [0.2, 0.25) is 0 Å². The zero-order valence-corrected chi connectivity index (χ0v) is 27.8. The molecule has 0 radical (unpaired) electrons. The minimum absolute atomic E-state index is 0.0429. The lowest BCUT2D eigenvalue weighted by atomic mass is 9.65. The standard InChI is InChI=1S/C36H70O4/c1-30(2)22-16-10-7-13-19-25-33(26-27-34(37)38)36(35(39)40,28-20-14-8-11-17-23-31(3)4)29-21-15-9-12-18-24-32(5)6/h30-33H,7-29H2,1-6H3,(H,37,38)(H,39,40). The van der Waals surface area contributed by atoms with Gasteiger partial charge in [0.15, 0.2) is 0 Å². The molecule has 1 unspecified atom stereocenters. The number of aliphatic carboxylic acids is 2. The number of carboxylic acids is 2. The van der Waals surface area contributed by atoms with E-state index in [1.54, 1.807) is 0 Å². The highest BCUT2D eigenvalue weighted by Crippen LogP contribution is 2.44. The van der Waals surface area contributed by atoms with Gasteiger partial charge < -0.3 is 10.2 Å². The van der Waals surface area contributed by atoms with E-state index in [0.29, 0.717) is 19.3 Å². The van der Waals surface area contributed by atoms with E-state index < -0.39 is 17.4 Å². The summed E-state index contributed by atoms with van der Waals surface area (Å²) in [6.07, 6.45) is 23.9. The van der Waals surface area contributed by atoms with E-state index in [1.165, 1.54) is 77.0 Å². The number of hydrogen-bond acceptors (Lipinski definition) is 2. The average Bonchev–Trinajstić information content (AvgIpc) is 2.86. The molecule has 0 aromatic heterocycles. The fourth-order valence-corrected chi connectivity index (χ4v) is 6.44. The lowest BCUT2D eigenvalue weighted by Crippen LogP contribution is -2.39. The van der Waals surface area contributed by atoms with E-state index in [9.17, 15) is 19.8 Å². The van der Waals surface area contributed by atoms with Crippen LogP contribution < -0.4 is 0 Å². The maximum atomic E-state index is 13.1. The van der Waals surface area contributed by atoms with Crippen molar-refractivity contribution in [3.8, 4) is 0 Å². The number of carbonyl (C=O) groups is 2. The summed E-state index contributed by atoms with van der Waals surface area (Å²) in [4.78, 5) is 24.7. The second kappa shape index (κ2) is 24.5. The van der Waals surface area contributed by atoms with E-state index in [0.717, 1.165) is 62.7 Å². The van der Waals surface area contributed by atoms with Crippen LogP contribution in [-0.2, 0) is 9.59 Å². The summed E-state index contributed by atoms with van der Waals surface area (Å²) in [6, 6.07) is 0. The molecule has 0 amide bonds. The molecule has 238 valence electrons. The van der Waals surface area contributed by atoms with Crippen molar-refractivity contribution in [3.63, 3.8) is 0 Å². The Labute approximate surface area is 249 Å². The summed E-state index contributed by atoms with van der Waals surface area (Å²) in [5.41, 5.74) is -0.775. The molecule has 0 saturated carbocycles. The van der Waals surface area contributed by atoms with Gasteiger partial charge in [-0.25, -0.2) is 0 Å². The minimum Gasteiger partial charge on any atom is -0.481 e. The third kappa shape index (κ3) is 20.8. The summed E-state index contributed by atoms with van der Waals surface area (Å²) >= 11 is 0. The average molecular weight is 567 g/mol. The molecule has 2 N–H and O–H groups in total. The maximum Gasteiger partial charge on any atom is 0.309 e. The van der Waals surface area contributed by atoms with Crippen molar-refractivity contribution in [3.05, 3.63) is 0 Å². The Morgan fingerprint density at radius 3 is 1.12 bits per heavy atom. The topological polar surface area (TPSA) is 74.6 Å². The molecule has 0 aromatic carbocycles. The largest absolute Gasteiger partial charge is 0.481 e. The highest BCUT2D eigenvalue weighted by Gasteiger charge is 2.44. The molecule has 0 fully saturated rings. The van der Waals surface area contributed by atoms with Gasteiger partial charge in [-0.2, -0.15) is 0 Å². The fraction of sp³-hybridized carbons (Fsp3) is 0.944. The Balaban J connectivity index is 5.27. The summed E-state index contributed by atoms with van der Waals surface area (Å²) < 4.78 is 0. The third-order valence-corrected chi connectivity index (χ3v) is 9.06. The SMILES string of the molecule is CC(C)CCCCCCCC(CCC(=O)O)C(CCCCCCCC(C)C)(CCCCCCCC(C)C)C(=O)O. The predicted octanol–water partition coefficient (Wildman–Crippen LogP) is 11.7. The van der Waals surface area contributed by atoms with Crippen LogP contribution in [0.2, 0.25) is 0 Å². The Morgan fingerprint density at radius 2 is 0.800 bits per heavy atom. The first-order chi connectivity index (χ1) is 19.0. The van der Waals surface area contributed by atoms with Crippen LogP contribution in [0.25, 0.3) is 0 Å². The Hall–Kier alpha value is -1.06. The first kappa shape index (κ1) is 38.9. The second-order valence-corrected chi connectivity index (χ2v) is 14.2.